The highest BCUT2D eigenvalue weighted by atomic mass is 19.4. The predicted octanol–water partition coefficient (Wildman–Crippen LogP) is 4.65. The van der Waals surface area contributed by atoms with Crippen LogP contribution in [-0.4, -0.2) is 39.2 Å². The number of hydrogen-bond donors (Lipinski definition) is 1. The standard InChI is InChI=1S/C24H18F3N3O4/c25-24(26,27)22(31)30-14-6-7-15(30)10-13(9-14)20-16-3-1-2-4-18(16)33-19-11-12(5-8-17(19)20)21-28-23(32)34-29-21/h1-5,8,11,14-15H,6-7,9-10H2,(H,28,29,32). The van der Waals surface area contributed by atoms with E-state index in [1.807, 2.05) is 30.3 Å². The van der Waals surface area contributed by atoms with Crippen LogP contribution in [0.1, 0.15) is 36.8 Å². The van der Waals surface area contributed by atoms with Crippen LogP contribution in [0, 0.1) is 0 Å². The summed E-state index contributed by atoms with van der Waals surface area (Å²) in [7, 11) is 0. The number of para-hydroxylation sites is 1. The maximum atomic E-state index is 13.2. The summed E-state index contributed by atoms with van der Waals surface area (Å²) in [5.74, 6) is -0.977. The van der Waals surface area contributed by atoms with Crippen LogP contribution in [0.25, 0.3) is 17.0 Å². The molecule has 2 fully saturated rings. The molecule has 1 aromatic heterocycles. The fourth-order valence-corrected chi connectivity index (χ4v) is 5.42. The number of ether oxygens (including phenoxy) is 1. The van der Waals surface area contributed by atoms with E-state index >= 15 is 0 Å². The summed E-state index contributed by atoms with van der Waals surface area (Å²) >= 11 is 0. The van der Waals surface area contributed by atoms with Crippen molar-refractivity contribution in [3.63, 3.8) is 0 Å². The van der Waals surface area contributed by atoms with Crippen LogP contribution in [0.4, 0.5) is 13.2 Å². The molecule has 4 heterocycles. The van der Waals surface area contributed by atoms with Gasteiger partial charge < -0.3 is 9.64 Å². The van der Waals surface area contributed by atoms with Crippen molar-refractivity contribution in [2.45, 2.75) is 43.9 Å². The molecule has 2 unspecified atom stereocenters. The molecular formula is C24H18F3N3O4. The first kappa shape index (κ1) is 20.8. The lowest BCUT2D eigenvalue weighted by Gasteiger charge is -2.38. The first-order chi connectivity index (χ1) is 16.3. The lowest BCUT2D eigenvalue weighted by Crippen LogP contribution is -2.50. The van der Waals surface area contributed by atoms with Crippen LogP contribution < -0.4 is 10.5 Å². The SMILES string of the molecule is O=C(N1C2CCC1CC(=C1c3ccccc3Oc3cc(-c4noc(=O)[nH]4)ccc31)C2)C(F)(F)F. The smallest absolute Gasteiger partial charge is 0.456 e. The molecule has 0 spiro atoms. The maximum Gasteiger partial charge on any atom is 0.471 e. The maximum absolute atomic E-state index is 13.2. The van der Waals surface area contributed by atoms with Crippen LogP contribution >= 0.6 is 0 Å². The highest BCUT2D eigenvalue weighted by Crippen LogP contribution is 2.50. The molecule has 1 N–H and O–H groups in total. The third-order valence-corrected chi connectivity index (χ3v) is 6.76. The topological polar surface area (TPSA) is 88.4 Å². The number of benzene rings is 2. The number of halogens is 3. The molecule has 2 saturated heterocycles. The van der Waals surface area contributed by atoms with Gasteiger partial charge in [0.2, 0.25) is 0 Å². The summed E-state index contributed by atoms with van der Waals surface area (Å²) in [6.07, 6.45) is -3.03. The van der Waals surface area contributed by atoms with Crippen molar-refractivity contribution in [3.8, 4) is 22.9 Å². The van der Waals surface area contributed by atoms with Gasteiger partial charge in [0.1, 0.15) is 11.5 Å². The van der Waals surface area contributed by atoms with Crippen molar-refractivity contribution in [2.24, 2.45) is 0 Å². The number of hydrogen-bond acceptors (Lipinski definition) is 5. The molecule has 0 aliphatic carbocycles. The number of carbonyl (C=O) groups excluding carboxylic acids is 1. The van der Waals surface area contributed by atoms with E-state index in [1.165, 1.54) is 0 Å². The van der Waals surface area contributed by atoms with E-state index in [0.717, 1.165) is 27.2 Å². The molecule has 0 radical (unpaired) electrons. The van der Waals surface area contributed by atoms with Gasteiger partial charge in [-0.25, -0.2) is 4.79 Å². The zero-order chi connectivity index (χ0) is 23.6. The Bertz CT molecular complexity index is 1390. The Morgan fingerprint density at radius 1 is 1.03 bits per heavy atom. The monoisotopic (exact) mass is 469 g/mol. The number of nitrogens with one attached hydrogen (secondary N) is 1. The third-order valence-electron chi connectivity index (χ3n) is 6.76. The lowest BCUT2D eigenvalue weighted by atomic mass is 9.83. The molecule has 1 amide bonds. The minimum atomic E-state index is -4.87. The van der Waals surface area contributed by atoms with Gasteiger partial charge in [0, 0.05) is 28.8 Å². The molecule has 7 nitrogen and oxygen atoms in total. The number of piperidine rings is 1. The third kappa shape index (κ3) is 3.24. The summed E-state index contributed by atoms with van der Waals surface area (Å²) in [5, 5.41) is 3.72. The summed E-state index contributed by atoms with van der Waals surface area (Å²) < 4.78 is 50.3. The summed E-state index contributed by atoms with van der Waals surface area (Å²) in [5.41, 5.74) is 4.20. The number of alkyl halides is 3. The Hall–Kier alpha value is -3.82. The second kappa shape index (κ2) is 7.34. The molecule has 6 rings (SSSR count). The number of rotatable bonds is 1. The Morgan fingerprint density at radius 2 is 1.74 bits per heavy atom. The number of carbonyl (C=O) groups is 1. The van der Waals surface area contributed by atoms with Crippen molar-refractivity contribution in [1.82, 2.24) is 15.0 Å². The zero-order valence-electron chi connectivity index (χ0n) is 17.7. The van der Waals surface area contributed by atoms with Crippen LogP contribution in [0.2, 0.25) is 0 Å². The largest absolute Gasteiger partial charge is 0.471 e. The van der Waals surface area contributed by atoms with Gasteiger partial charge in [-0.15, -0.1) is 0 Å². The number of fused-ring (bicyclic) bond motifs is 4. The number of amides is 1. The van der Waals surface area contributed by atoms with Gasteiger partial charge in [-0.3, -0.25) is 14.3 Å². The van der Waals surface area contributed by atoms with Crippen molar-refractivity contribution in [2.75, 3.05) is 0 Å². The summed E-state index contributed by atoms with van der Waals surface area (Å²) in [4.78, 5) is 27.0. The first-order valence-corrected chi connectivity index (χ1v) is 10.9. The normalized spacial score (nSPS) is 21.2. The Kier molecular flexibility index (Phi) is 4.48. The molecule has 174 valence electrons. The highest BCUT2D eigenvalue weighted by Gasteiger charge is 2.51. The molecule has 2 atom stereocenters. The lowest BCUT2D eigenvalue weighted by molar-refractivity contribution is -0.189. The summed E-state index contributed by atoms with van der Waals surface area (Å²) in [6.45, 7) is 0. The molecule has 0 saturated carbocycles. The molecule has 34 heavy (non-hydrogen) atoms. The predicted molar refractivity (Wildman–Crippen MR) is 114 cm³/mol. The van der Waals surface area contributed by atoms with E-state index in [0.29, 0.717) is 42.7 Å². The zero-order valence-corrected chi connectivity index (χ0v) is 17.7. The molecule has 2 bridgehead atoms. The molecule has 3 aromatic rings. The van der Waals surface area contributed by atoms with E-state index in [9.17, 15) is 22.8 Å². The minimum Gasteiger partial charge on any atom is -0.456 e. The van der Waals surface area contributed by atoms with Crippen LogP contribution in [0.3, 0.4) is 0 Å². The van der Waals surface area contributed by atoms with Crippen molar-refractivity contribution in [1.29, 1.82) is 0 Å². The van der Waals surface area contributed by atoms with Gasteiger partial charge in [-0.1, -0.05) is 35.0 Å². The van der Waals surface area contributed by atoms with Gasteiger partial charge in [-0.2, -0.15) is 13.2 Å². The van der Waals surface area contributed by atoms with E-state index in [2.05, 4.69) is 14.7 Å². The second-order valence-corrected chi connectivity index (χ2v) is 8.73. The second-order valence-electron chi connectivity index (χ2n) is 8.73. The molecule has 10 heteroatoms. The number of H-pyrrole nitrogens is 1. The van der Waals surface area contributed by atoms with E-state index in [-0.39, 0.29) is 5.82 Å². The average Bonchev–Trinajstić information content (AvgIpc) is 3.35. The molecule has 3 aliphatic heterocycles. The Balaban J connectivity index is 1.45. The van der Waals surface area contributed by atoms with Crippen molar-refractivity contribution >= 4 is 11.5 Å². The van der Waals surface area contributed by atoms with Gasteiger partial charge in [0.25, 0.3) is 0 Å². The quantitative estimate of drug-likeness (QED) is 0.438. The number of nitrogens with zero attached hydrogens (tertiary/aromatic N) is 2. The van der Waals surface area contributed by atoms with Crippen molar-refractivity contribution < 1.29 is 27.2 Å². The molecule has 2 aromatic carbocycles. The summed E-state index contributed by atoms with van der Waals surface area (Å²) in [6, 6.07) is 11.9. The fraction of sp³-hybridized carbons (Fsp3) is 0.292. The van der Waals surface area contributed by atoms with Crippen LogP contribution in [-0.2, 0) is 4.79 Å². The Labute approximate surface area is 190 Å². The molecular weight excluding hydrogens is 451 g/mol. The number of aromatic nitrogens is 2. The minimum absolute atomic E-state index is 0.265. The van der Waals surface area contributed by atoms with Crippen molar-refractivity contribution in [3.05, 3.63) is 69.7 Å². The Morgan fingerprint density at radius 3 is 2.41 bits per heavy atom. The van der Waals surface area contributed by atoms with Gasteiger partial charge in [0.15, 0.2) is 5.82 Å². The van der Waals surface area contributed by atoms with E-state index < -0.39 is 29.9 Å². The van der Waals surface area contributed by atoms with Crippen LogP contribution in [0.5, 0.6) is 11.5 Å². The fourth-order valence-electron chi connectivity index (χ4n) is 5.42. The molecule has 3 aliphatic rings. The van der Waals surface area contributed by atoms with Gasteiger partial charge in [-0.05, 0) is 49.5 Å². The highest BCUT2D eigenvalue weighted by molar-refractivity contribution is 5.91. The van der Waals surface area contributed by atoms with Gasteiger partial charge >= 0.3 is 17.8 Å². The average molecular weight is 469 g/mol. The van der Waals surface area contributed by atoms with E-state index in [1.54, 1.807) is 12.1 Å². The first-order valence-electron chi connectivity index (χ1n) is 10.9. The number of aromatic amines is 1. The van der Waals surface area contributed by atoms with Crippen LogP contribution in [0.15, 0.2) is 57.4 Å². The van der Waals surface area contributed by atoms with E-state index in [4.69, 9.17) is 4.74 Å². The van der Waals surface area contributed by atoms with Gasteiger partial charge in [0.05, 0.1) is 0 Å².